The number of benzene rings is 1. The first kappa shape index (κ1) is 15.4. The second kappa shape index (κ2) is 6.21. The Labute approximate surface area is 120 Å². The van der Waals surface area contributed by atoms with Crippen molar-refractivity contribution in [3.05, 3.63) is 35.4 Å². The summed E-state index contributed by atoms with van der Waals surface area (Å²) in [6.07, 6.45) is 0.753. The zero-order valence-electron chi connectivity index (χ0n) is 12.3. The van der Waals surface area contributed by atoms with Crippen molar-refractivity contribution in [3.63, 3.8) is 0 Å². The van der Waals surface area contributed by atoms with E-state index in [0.717, 1.165) is 5.56 Å². The summed E-state index contributed by atoms with van der Waals surface area (Å²) in [5.74, 6) is -2.01. The molecule has 1 aromatic rings. The average molecular weight is 282 g/mol. The molecule has 0 aliphatic heterocycles. The smallest absolute Gasteiger partial charge is 0.248 e. The summed E-state index contributed by atoms with van der Waals surface area (Å²) >= 11 is 0. The Bertz CT molecular complexity index is 415. The number of hydrogen-bond acceptors (Lipinski definition) is 1. The van der Waals surface area contributed by atoms with Gasteiger partial charge in [-0.25, -0.2) is 8.78 Å². The van der Waals surface area contributed by atoms with Crippen LogP contribution in [0.5, 0.6) is 0 Å². The van der Waals surface area contributed by atoms with Crippen LogP contribution < -0.4 is 0 Å². The van der Waals surface area contributed by atoms with E-state index in [4.69, 9.17) is 0 Å². The third kappa shape index (κ3) is 4.02. The molecule has 1 aromatic carbocycles. The molecule has 2 rings (SSSR count). The van der Waals surface area contributed by atoms with Gasteiger partial charge in [0.25, 0.3) is 0 Å². The molecule has 0 spiro atoms. The van der Waals surface area contributed by atoms with E-state index in [-0.39, 0.29) is 18.8 Å². The predicted molar refractivity (Wildman–Crippen MR) is 77.1 cm³/mol. The average Bonchev–Trinajstić information content (AvgIpc) is 2.39. The van der Waals surface area contributed by atoms with Crippen molar-refractivity contribution in [3.8, 4) is 0 Å². The first-order valence-corrected chi connectivity index (χ1v) is 7.52. The van der Waals surface area contributed by atoms with Crippen LogP contribution in [0.3, 0.4) is 0 Å². The Morgan fingerprint density at radius 1 is 1.15 bits per heavy atom. The van der Waals surface area contributed by atoms with E-state index in [1.54, 1.807) is 0 Å². The molecule has 1 aliphatic rings. The van der Waals surface area contributed by atoms with Gasteiger partial charge in [-0.05, 0) is 42.2 Å². The van der Waals surface area contributed by atoms with Gasteiger partial charge in [0.05, 0.1) is 6.10 Å². The maximum atomic E-state index is 13.1. The van der Waals surface area contributed by atoms with Gasteiger partial charge in [0.2, 0.25) is 5.92 Å². The normalized spacial score (nSPS) is 21.1. The Hall–Kier alpha value is -0.960. The molecule has 3 heteroatoms. The highest BCUT2D eigenvalue weighted by Crippen LogP contribution is 2.38. The highest BCUT2D eigenvalue weighted by molar-refractivity contribution is 5.25. The van der Waals surface area contributed by atoms with Gasteiger partial charge in [0, 0.05) is 12.8 Å². The van der Waals surface area contributed by atoms with Gasteiger partial charge in [0.15, 0.2) is 0 Å². The number of aliphatic hydroxyl groups excluding tert-OH is 1. The first-order chi connectivity index (χ1) is 9.37. The van der Waals surface area contributed by atoms with Crippen molar-refractivity contribution in [1.29, 1.82) is 0 Å². The summed E-state index contributed by atoms with van der Waals surface area (Å²) in [6, 6.07) is 8.25. The van der Waals surface area contributed by atoms with Gasteiger partial charge in [-0.1, -0.05) is 38.1 Å². The minimum Gasteiger partial charge on any atom is -0.392 e. The summed E-state index contributed by atoms with van der Waals surface area (Å²) in [7, 11) is 0. The van der Waals surface area contributed by atoms with Crippen LogP contribution in [0.4, 0.5) is 8.78 Å². The summed E-state index contributed by atoms with van der Waals surface area (Å²) < 4.78 is 26.2. The summed E-state index contributed by atoms with van der Waals surface area (Å²) in [5.41, 5.74) is 2.36. The van der Waals surface area contributed by atoms with Gasteiger partial charge < -0.3 is 5.11 Å². The minimum absolute atomic E-state index is 0.0133. The molecule has 0 aromatic heterocycles. The summed E-state index contributed by atoms with van der Waals surface area (Å²) in [6.45, 7) is 4.29. The second-order valence-corrected chi connectivity index (χ2v) is 6.36. The fraction of sp³-hybridized carbons (Fsp3) is 0.647. The molecule has 1 unspecified atom stereocenters. The lowest BCUT2D eigenvalue weighted by atomic mass is 9.81. The molecular formula is C17H24F2O. The molecule has 1 N–H and O–H groups in total. The highest BCUT2D eigenvalue weighted by atomic mass is 19.3. The van der Waals surface area contributed by atoms with E-state index in [1.165, 1.54) is 5.56 Å². The number of halogens is 2. The fourth-order valence-electron chi connectivity index (χ4n) is 2.89. The molecule has 1 saturated carbocycles. The zero-order chi connectivity index (χ0) is 14.8. The lowest BCUT2D eigenvalue weighted by Gasteiger charge is -2.31. The largest absolute Gasteiger partial charge is 0.392 e. The topological polar surface area (TPSA) is 20.2 Å². The van der Waals surface area contributed by atoms with Crippen LogP contribution in [0.25, 0.3) is 0 Å². The minimum atomic E-state index is -2.52. The van der Waals surface area contributed by atoms with E-state index in [1.807, 2.05) is 12.1 Å². The van der Waals surface area contributed by atoms with Gasteiger partial charge in [0.1, 0.15) is 0 Å². The fourth-order valence-corrected chi connectivity index (χ4v) is 2.89. The standard InChI is InChI=1S/C17H24F2O/c1-12(2)14-5-3-13(4-6-14)11-16(20)15-7-9-17(18,19)10-8-15/h3-6,12,15-16,20H,7-11H2,1-2H3. The quantitative estimate of drug-likeness (QED) is 0.859. The summed E-state index contributed by atoms with van der Waals surface area (Å²) in [5, 5.41) is 10.2. The lowest BCUT2D eigenvalue weighted by Crippen LogP contribution is -2.32. The molecule has 1 nitrogen and oxygen atoms in total. The van der Waals surface area contributed by atoms with E-state index >= 15 is 0 Å². The molecule has 1 atom stereocenters. The first-order valence-electron chi connectivity index (χ1n) is 7.52. The molecule has 1 fully saturated rings. The molecule has 1 aliphatic carbocycles. The molecule has 0 radical (unpaired) electrons. The van der Waals surface area contributed by atoms with Crippen molar-refractivity contribution < 1.29 is 13.9 Å². The van der Waals surface area contributed by atoms with E-state index in [9.17, 15) is 13.9 Å². The maximum Gasteiger partial charge on any atom is 0.248 e. The lowest BCUT2D eigenvalue weighted by molar-refractivity contribution is -0.0619. The predicted octanol–water partition coefficient (Wildman–Crippen LogP) is 4.54. The van der Waals surface area contributed by atoms with Crippen molar-refractivity contribution in [2.75, 3.05) is 0 Å². The number of aliphatic hydroxyl groups is 1. The van der Waals surface area contributed by atoms with E-state index in [0.29, 0.717) is 25.2 Å². The van der Waals surface area contributed by atoms with Crippen molar-refractivity contribution in [1.82, 2.24) is 0 Å². The number of rotatable bonds is 4. The Morgan fingerprint density at radius 2 is 1.70 bits per heavy atom. The van der Waals surface area contributed by atoms with Crippen molar-refractivity contribution in [2.24, 2.45) is 5.92 Å². The van der Waals surface area contributed by atoms with Crippen molar-refractivity contribution in [2.45, 2.75) is 63.9 Å². The van der Waals surface area contributed by atoms with Crippen molar-refractivity contribution >= 4 is 0 Å². The van der Waals surface area contributed by atoms with Crippen LogP contribution in [0.2, 0.25) is 0 Å². The summed E-state index contributed by atoms with van der Waals surface area (Å²) in [4.78, 5) is 0. The SMILES string of the molecule is CC(C)c1ccc(CC(O)C2CCC(F)(F)CC2)cc1. The third-order valence-electron chi connectivity index (χ3n) is 4.40. The van der Waals surface area contributed by atoms with Crippen LogP contribution >= 0.6 is 0 Å². The van der Waals surface area contributed by atoms with Crippen LogP contribution in [0.1, 0.15) is 56.6 Å². The Morgan fingerprint density at radius 3 is 2.20 bits per heavy atom. The molecule has 112 valence electrons. The third-order valence-corrected chi connectivity index (χ3v) is 4.40. The molecule has 0 saturated heterocycles. The maximum absolute atomic E-state index is 13.1. The molecule has 0 amide bonds. The second-order valence-electron chi connectivity index (χ2n) is 6.36. The van der Waals surface area contributed by atoms with Crippen LogP contribution in [0, 0.1) is 5.92 Å². The Balaban J connectivity index is 1.89. The van der Waals surface area contributed by atoms with Gasteiger partial charge in [-0.3, -0.25) is 0 Å². The van der Waals surface area contributed by atoms with E-state index < -0.39 is 12.0 Å². The highest BCUT2D eigenvalue weighted by Gasteiger charge is 2.37. The Kier molecular flexibility index (Phi) is 4.79. The van der Waals surface area contributed by atoms with Gasteiger partial charge >= 0.3 is 0 Å². The van der Waals surface area contributed by atoms with Crippen LogP contribution in [0.15, 0.2) is 24.3 Å². The molecule has 0 bridgehead atoms. The number of alkyl halides is 2. The van der Waals surface area contributed by atoms with E-state index in [2.05, 4.69) is 26.0 Å². The van der Waals surface area contributed by atoms with Gasteiger partial charge in [-0.2, -0.15) is 0 Å². The van der Waals surface area contributed by atoms with Crippen LogP contribution in [-0.4, -0.2) is 17.1 Å². The molecule has 20 heavy (non-hydrogen) atoms. The molecule has 0 heterocycles. The zero-order valence-corrected chi connectivity index (χ0v) is 12.3. The van der Waals surface area contributed by atoms with Crippen LogP contribution in [-0.2, 0) is 6.42 Å². The number of hydrogen-bond donors (Lipinski definition) is 1. The van der Waals surface area contributed by atoms with Gasteiger partial charge in [-0.15, -0.1) is 0 Å². The monoisotopic (exact) mass is 282 g/mol. The molecular weight excluding hydrogens is 258 g/mol.